The largest absolute Gasteiger partial charge is 0.496 e. The molecule has 2 aromatic carbocycles. The van der Waals surface area contributed by atoms with Crippen molar-refractivity contribution in [2.45, 2.75) is 63.9 Å². The lowest BCUT2D eigenvalue weighted by Crippen LogP contribution is -2.03. The highest BCUT2D eigenvalue weighted by Crippen LogP contribution is 2.53. The minimum atomic E-state index is 0.365. The lowest BCUT2D eigenvalue weighted by Gasteiger charge is -2.21. The van der Waals surface area contributed by atoms with Gasteiger partial charge < -0.3 is 14.2 Å². The predicted octanol–water partition coefficient (Wildman–Crippen LogP) is 7.12. The normalized spacial score (nSPS) is 14.6. The molecule has 1 aliphatic rings. The van der Waals surface area contributed by atoms with Gasteiger partial charge in [-0.3, -0.25) is 0 Å². The summed E-state index contributed by atoms with van der Waals surface area (Å²) >= 11 is 6.75. The molecule has 158 valence electrons. The first kappa shape index (κ1) is 22.0. The second-order valence-electron chi connectivity index (χ2n) is 7.99. The highest BCUT2D eigenvalue weighted by molar-refractivity contribution is 6.33. The molecule has 1 aliphatic carbocycles. The molecule has 0 amide bonds. The van der Waals surface area contributed by atoms with Gasteiger partial charge in [0.05, 0.1) is 25.8 Å². The zero-order valence-electron chi connectivity index (χ0n) is 17.9. The van der Waals surface area contributed by atoms with Crippen molar-refractivity contribution in [3.05, 3.63) is 58.1 Å². The van der Waals surface area contributed by atoms with E-state index in [1.807, 2.05) is 18.2 Å². The summed E-state index contributed by atoms with van der Waals surface area (Å²) in [5, 5.41) is 0.758. The second kappa shape index (κ2) is 10.9. The van der Waals surface area contributed by atoms with Crippen LogP contribution >= 0.6 is 11.6 Å². The van der Waals surface area contributed by atoms with Gasteiger partial charge in [0.1, 0.15) is 11.5 Å². The Labute approximate surface area is 180 Å². The van der Waals surface area contributed by atoms with Gasteiger partial charge in [-0.05, 0) is 54.7 Å². The maximum absolute atomic E-state index is 6.75. The van der Waals surface area contributed by atoms with Crippen molar-refractivity contribution in [1.82, 2.24) is 0 Å². The summed E-state index contributed by atoms with van der Waals surface area (Å²) in [6.07, 6.45) is 6.86. The molecule has 0 saturated heterocycles. The van der Waals surface area contributed by atoms with Crippen molar-refractivity contribution in [3.8, 4) is 11.5 Å². The third-order valence-electron chi connectivity index (χ3n) is 5.73. The van der Waals surface area contributed by atoms with Gasteiger partial charge in [-0.25, -0.2) is 0 Å². The zero-order chi connectivity index (χ0) is 20.6. The molecule has 0 unspecified atom stereocenters. The number of ether oxygens (including phenoxy) is 3. The Morgan fingerprint density at radius 2 is 1.79 bits per heavy atom. The highest BCUT2D eigenvalue weighted by Gasteiger charge is 2.33. The second-order valence-corrected chi connectivity index (χ2v) is 8.37. The maximum Gasteiger partial charge on any atom is 0.144 e. The van der Waals surface area contributed by atoms with Crippen LogP contribution in [0.25, 0.3) is 0 Å². The fourth-order valence-electron chi connectivity index (χ4n) is 3.88. The molecule has 3 nitrogen and oxygen atoms in total. The van der Waals surface area contributed by atoms with E-state index in [2.05, 4.69) is 25.1 Å². The molecule has 0 radical (unpaired) electrons. The standard InChI is InChI=1S/C25H33ClO3/c1-18(10-6-5-9-15-29-17-19-11-7-4-8-12-19)21-16-22(27-2)23(20-13-14-20)25(28-3)24(21)26/h4,7-8,11-12,16,18,20H,5-6,9-10,13-15,17H2,1-3H3/t18-/m0/s1. The van der Waals surface area contributed by atoms with Gasteiger partial charge in [-0.1, -0.05) is 61.7 Å². The summed E-state index contributed by atoms with van der Waals surface area (Å²) in [4.78, 5) is 0. The minimum Gasteiger partial charge on any atom is -0.496 e. The van der Waals surface area contributed by atoms with Gasteiger partial charge in [0, 0.05) is 12.2 Å². The molecular weight excluding hydrogens is 384 g/mol. The lowest BCUT2D eigenvalue weighted by atomic mass is 9.92. The Balaban J connectivity index is 1.47. The monoisotopic (exact) mass is 416 g/mol. The predicted molar refractivity (Wildman–Crippen MR) is 120 cm³/mol. The number of rotatable bonds is 12. The molecule has 0 heterocycles. The van der Waals surface area contributed by atoms with E-state index in [0.717, 1.165) is 59.9 Å². The Kier molecular flexibility index (Phi) is 8.26. The van der Waals surface area contributed by atoms with Gasteiger partial charge in [-0.15, -0.1) is 0 Å². The van der Waals surface area contributed by atoms with Gasteiger partial charge in [-0.2, -0.15) is 0 Å². The molecule has 0 aliphatic heterocycles. The Hall–Kier alpha value is -1.71. The Bertz CT molecular complexity index is 771. The summed E-state index contributed by atoms with van der Waals surface area (Å²) in [5.74, 6) is 2.62. The first-order valence-corrected chi connectivity index (χ1v) is 11.1. The van der Waals surface area contributed by atoms with Gasteiger partial charge in [0.2, 0.25) is 0 Å². The van der Waals surface area contributed by atoms with Crippen molar-refractivity contribution in [2.75, 3.05) is 20.8 Å². The third kappa shape index (κ3) is 5.90. The van der Waals surface area contributed by atoms with E-state index in [1.165, 1.54) is 18.4 Å². The van der Waals surface area contributed by atoms with Crippen LogP contribution in [0, 0.1) is 0 Å². The minimum absolute atomic E-state index is 0.365. The number of benzene rings is 2. The summed E-state index contributed by atoms with van der Waals surface area (Å²) in [6, 6.07) is 12.5. The van der Waals surface area contributed by atoms with Crippen LogP contribution in [0.1, 0.15) is 74.0 Å². The zero-order valence-corrected chi connectivity index (χ0v) is 18.6. The van der Waals surface area contributed by atoms with Crippen LogP contribution in [0.4, 0.5) is 0 Å². The topological polar surface area (TPSA) is 27.7 Å². The van der Waals surface area contributed by atoms with E-state index in [4.69, 9.17) is 25.8 Å². The molecule has 1 fully saturated rings. The molecule has 0 spiro atoms. The maximum atomic E-state index is 6.75. The Morgan fingerprint density at radius 3 is 2.45 bits per heavy atom. The molecule has 2 aromatic rings. The molecule has 0 N–H and O–H groups in total. The molecule has 29 heavy (non-hydrogen) atoms. The molecular formula is C25H33ClO3. The van der Waals surface area contributed by atoms with Crippen LogP contribution in [0.2, 0.25) is 5.02 Å². The summed E-state index contributed by atoms with van der Waals surface area (Å²) in [6.45, 7) is 3.74. The van der Waals surface area contributed by atoms with E-state index in [1.54, 1.807) is 14.2 Å². The number of hydrogen-bond donors (Lipinski definition) is 0. The van der Waals surface area contributed by atoms with Crippen LogP contribution in [-0.2, 0) is 11.3 Å². The Morgan fingerprint density at radius 1 is 1.03 bits per heavy atom. The summed E-state index contributed by atoms with van der Waals surface area (Å²) in [5.41, 5.74) is 3.50. The molecule has 1 saturated carbocycles. The summed E-state index contributed by atoms with van der Waals surface area (Å²) < 4.78 is 17.2. The van der Waals surface area contributed by atoms with Gasteiger partial charge in [0.15, 0.2) is 0 Å². The van der Waals surface area contributed by atoms with Crippen molar-refractivity contribution in [1.29, 1.82) is 0 Å². The van der Waals surface area contributed by atoms with Crippen molar-refractivity contribution < 1.29 is 14.2 Å². The van der Waals surface area contributed by atoms with Crippen LogP contribution in [0.3, 0.4) is 0 Å². The number of halogens is 1. The number of methoxy groups -OCH3 is 2. The number of unbranched alkanes of at least 4 members (excludes halogenated alkanes) is 2. The van der Waals surface area contributed by atoms with Gasteiger partial charge >= 0.3 is 0 Å². The van der Waals surface area contributed by atoms with E-state index >= 15 is 0 Å². The quantitative estimate of drug-likeness (QED) is 0.345. The smallest absolute Gasteiger partial charge is 0.144 e. The molecule has 3 rings (SSSR count). The number of hydrogen-bond acceptors (Lipinski definition) is 3. The molecule has 0 bridgehead atoms. The highest BCUT2D eigenvalue weighted by atomic mass is 35.5. The first-order chi connectivity index (χ1) is 14.2. The van der Waals surface area contributed by atoms with E-state index in [-0.39, 0.29) is 0 Å². The van der Waals surface area contributed by atoms with E-state index in [0.29, 0.717) is 18.4 Å². The van der Waals surface area contributed by atoms with Crippen LogP contribution in [-0.4, -0.2) is 20.8 Å². The molecule has 0 aromatic heterocycles. The van der Waals surface area contributed by atoms with Gasteiger partial charge in [0.25, 0.3) is 0 Å². The lowest BCUT2D eigenvalue weighted by molar-refractivity contribution is 0.116. The summed E-state index contributed by atoms with van der Waals surface area (Å²) in [7, 11) is 3.44. The molecule has 4 heteroatoms. The van der Waals surface area contributed by atoms with Crippen LogP contribution in [0.5, 0.6) is 11.5 Å². The van der Waals surface area contributed by atoms with E-state index < -0.39 is 0 Å². The average Bonchev–Trinajstić information content (AvgIpc) is 3.58. The van der Waals surface area contributed by atoms with Crippen molar-refractivity contribution in [2.24, 2.45) is 0 Å². The fraction of sp³-hybridized carbons (Fsp3) is 0.520. The fourth-order valence-corrected chi connectivity index (χ4v) is 4.30. The first-order valence-electron chi connectivity index (χ1n) is 10.7. The average molecular weight is 417 g/mol. The van der Waals surface area contributed by atoms with Crippen LogP contribution in [0.15, 0.2) is 36.4 Å². The SMILES string of the molecule is COc1cc([C@@H](C)CCCCCOCc2ccccc2)c(Cl)c(OC)c1C1CC1. The van der Waals surface area contributed by atoms with E-state index in [9.17, 15) is 0 Å². The molecule has 1 atom stereocenters. The van der Waals surface area contributed by atoms with Crippen molar-refractivity contribution >= 4 is 11.6 Å². The third-order valence-corrected chi connectivity index (χ3v) is 6.12. The van der Waals surface area contributed by atoms with Crippen LogP contribution < -0.4 is 9.47 Å². The van der Waals surface area contributed by atoms with Crippen molar-refractivity contribution in [3.63, 3.8) is 0 Å².